The lowest BCUT2D eigenvalue weighted by molar-refractivity contribution is 0.546. The number of nitrogens with zero attached hydrogens (tertiary/aromatic N) is 3. The Morgan fingerprint density at radius 1 is 1.13 bits per heavy atom. The molecular weight excluding hydrogens is 410 g/mol. The minimum Gasteiger partial charge on any atom is -0.382 e. The number of hydrogen-bond acceptors (Lipinski definition) is 5. The molecule has 1 aromatic carbocycles. The Labute approximate surface area is 175 Å². The van der Waals surface area contributed by atoms with Crippen molar-refractivity contribution >= 4 is 26.7 Å². The van der Waals surface area contributed by atoms with Crippen LogP contribution in [0.2, 0.25) is 0 Å². The third-order valence-electron chi connectivity index (χ3n) is 5.25. The summed E-state index contributed by atoms with van der Waals surface area (Å²) >= 11 is 0. The molecule has 2 heterocycles. The topological polar surface area (TPSA) is 90.9 Å². The van der Waals surface area contributed by atoms with Gasteiger partial charge in [0.1, 0.15) is 27.9 Å². The van der Waals surface area contributed by atoms with Gasteiger partial charge in [0, 0.05) is 24.7 Å². The molecule has 0 aliphatic rings. The summed E-state index contributed by atoms with van der Waals surface area (Å²) in [7, 11) is -3.88. The van der Waals surface area contributed by atoms with E-state index in [1.54, 1.807) is 0 Å². The van der Waals surface area contributed by atoms with E-state index in [2.05, 4.69) is 16.9 Å². The van der Waals surface area contributed by atoms with Crippen LogP contribution in [0.15, 0.2) is 23.1 Å². The maximum atomic E-state index is 13.9. The number of rotatable bonds is 8. The van der Waals surface area contributed by atoms with E-state index in [9.17, 15) is 17.2 Å². The van der Waals surface area contributed by atoms with Crippen LogP contribution in [-0.4, -0.2) is 28.7 Å². The zero-order chi connectivity index (χ0) is 22.1. The van der Waals surface area contributed by atoms with Crippen molar-refractivity contribution in [3.8, 4) is 0 Å². The van der Waals surface area contributed by atoms with E-state index in [1.165, 1.54) is 0 Å². The summed E-state index contributed by atoms with van der Waals surface area (Å²) in [5.41, 5.74) is 9.31. The van der Waals surface area contributed by atoms with Gasteiger partial charge in [-0.1, -0.05) is 13.3 Å². The molecule has 30 heavy (non-hydrogen) atoms. The number of halogens is 2. The zero-order valence-electron chi connectivity index (χ0n) is 17.4. The summed E-state index contributed by atoms with van der Waals surface area (Å²) < 4.78 is 54.2. The van der Waals surface area contributed by atoms with Crippen molar-refractivity contribution < 1.29 is 17.2 Å². The molecule has 0 aliphatic carbocycles. The van der Waals surface area contributed by atoms with Crippen LogP contribution in [0.3, 0.4) is 0 Å². The van der Waals surface area contributed by atoms with E-state index in [-0.39, 0.29) is 12.2 Å². The van der Waals surface area contributed by atoms with Crippen molar-refractivity contribution in [2.45, 2.75) is 57.9 Å². The first-order valence-electron chi connectivity index (χ1n) is 9.95. The molecule has 0 saturated carbocycles. The van der Waals surface area contributed by atoms with Crippen LogP contribution >= 0.6 is 0 Å². The number of sulfone groups is 1. The van der Waals surface area contributed by atoms with Crippen molar-refractivity contribution in [2.24, 2.45) is 0 Å². The van der Waals surface area contributed by atoms with Crippen LogP contribution < -0.4 is 5.73 Å². The number of aromatic nitrogens is 3. The summed E-state index contributed by atoms with van der Waals surface area (Å²) in [5, 5.41) is 0. The normalized spacial score (nSPS) is 12.0. The molecule has 0 unspecified atom stereocenters. The van der Waals surface area contributed by atoms with Crippen LogP contribution in [0, 0.1) is 25.5 Å². The van der Waals surface area contributed by atoms with Crippen molar-refractivity contribution in [1.82, 2.24) is 14.5 Å². The summed E-state index contributed by atoms with van der Waals surface area (Å²) in [6.45, 7) is 6.29. The highest BCUT2D eigenvalue weighted by Crippen LogP contribution is 2.27. The van der Waals surface area contributed by atoms with Crippen LogP contribution in [0.1, 0.15) is 43.3 Å². The number of nitrogens with two attached hydrogens (primary N) is 1. The molecule has 0 amide bonds. The Balaban J connectivity index is 1.91. The SMILES string of the molecule is CCCCc1nc2c(N)nc(C)c(C)c2n1CCCS(=O)(=O)c1ccc(F)cc1F. The Bertz CT molecular complexity index is 1190. The van der Waals surface area contributed by atoms with Gasteiger partial charge in [0.25, 0.3) is 0 Å². The standard InChI is InChI=1S/C21H26F2N4O2S/c1-4-5-7-18-26-19-20(13(2)14(3)25-21(19)24)27(18)10-6-11-30(28,29)17-9-8-15(22)12-16(17)23/h8-9,12H,4-7,10-11H2,1-3H3,(H2,24,25). The van der Waals surface area contributed by atoms with Gasteiger partial charge in [0.2, 0.25) is 0 Å². The molecule has 3 aromatic rings. The molecule has 0 fully saturated rings. The fraction of sp³-hybridized carbons (Fsp3) is 0.429. The van der Waals surface area contributed by atoms with Crippen molar-refractivity contribution in [3.63, 3.8) is 0 Å². The van der Waals surface area contributed by atoms with E-state index in [0.717, 1.165) is 54.0 Å². The molecule has 162 valence electrons. The van der Waals surface area contributed by atoms with E-state index in [4.69, 9.17) is 5.73 Å². The Kier molecular flexibility index (Phi) is 6.40. The van der Waals surface area contributed by atoms with Crippen LogP contribution in [0.4, 0.5) is 14.6 Å². The van der Waals surface area contributed by atoms with Crippen molar-refractivity contribution in [3.05, 3.63) is 46.9 Å². The number of nitrogen functional groups attached to an aromatic ring is 1. The van der Waals surface area contributed by atoms with Crippen molar-refractivity contribution in [1.29, 1.82) is 0 Å². The predicted octanol–water partition coefficient (Wildman–Crippen LogP) is 4.12. The molecule has 2 aromatic heterocycles. The van der Waals surface area contributed by atoms with Crippen LogP contribution in [0.5, 0.6) is 0 Å². The van der Waals surface area contributed by atoms with E-state index in [0.29, 0.717) is 23.9 Å². The first-order valence-corrected chi connectivity index (χ1v) is 11.6. The lowest BCUT2D eigenvalue weighted by atomic mass is 10.2. The summed E-state index contributed by atoms with van der Waals surface area (Å²) in [5.74, 6) is -0.961. The molecule has 0 atom stereocenters. The minimum atomic E-state index is -3.88. The number of anilines is 1. The van der Waals surface area contributed by atoms with E-state index >= 15 is 0 Å². The molecule has 0 radical (unpaired) electrons. The highest BCUT2D eigenvalue weighted by Gasteiger charge is 2.21. The Hall–Kier alpha value is -2.55. The fourth-order valence-electron chi connectivity index (χ4n) is 3.56. The first-order chi connectivity index (χ1) is 14.2. The van der Waals surface area contributed by atoms with Gasteiger partial charge in [0.05, 0.1) is 11.3 Å². The minimum absolute atomic E-state index is 0.254. The molecule has 9 heteroatoms. The zero-order valence-corrected chi connectivity index (χ0v) is 18.2. The fourth-order valence-corrected chi connectivity index (χ4v) is 4.92. The van der Waals surface area contributed by atoms with Gasteiger partial charge in [0.15, 0.2) is 15.7 Å². The van der Waals surface area contributed by atoms with Gasteiger partial charge in [-0.2, -0.15) is 0 Å². The van der Waals surface area contributed by atoms with E-state index in [1.807, 2.05) is 18.4 Å². The lowest BCUT2D eigenvalue weighted by Gasteiger charge is -2.12. The number of imidazole rings is 1. The maximum absolute atomic E-state index is 13.9. The average Bonchev–Trinajstić information content (AvgIpc) is 3.03. The molecule has 3 rings (SSSR count). The van der Waals surface area contributed by atoms with Gasteiger partial charge in [-0.15, -0.1) is 0 Å². The van der Waals surface area contributed by atoms with Crippen LogP contribution in [-0.2, 0) is 22.8 Å². The number of pyridine rings is 1. The Morgan fingerprint density at radius 3 is 2.53 bits per heavy atom. The molecular formula is C21H26F2N4O2S. The van der Waals surface area contributed by atoms with Gasteiger partial charge >= 0.3 is 0 Å². The Morgan fingerprint density at radius 2 is 1.87 bits per heavy atom. The highest BCUT2D eigenvalue weighted by atomic mass is 32.2. The monoisotopic (exact) mass is 436 g/mol. The van der Waals surface area contributed by atoms with Crippen molar-refractivity contribution in [2.75, 3.05) is 11.5 Å². The second kappa shape index (κ2) is 8.67. The average molecular weight is 437 g/mol. The third kappa shape index (κ3) is 4.30. The molecule has 0 spiro atoms. The molecule has 0 bridgehead atoms. The predicted molar refractivity (Wildman–Crippen MR) is 113 cm³/mol. The van der Waals surface area contributed by atoms with Gasteiger partial charge in [-0.25, -0.2) is 27.2 Å². The number of hydrogen-bond donors (Lipinski definition) is 1. The number of fused-ring (bicyclic) bond motifs is 1. The first kappa shape index (κ1) is 22.1. The smallest absolute Gasteiger partial charge is 0.181 e. The van der Waals surface area contributed by atoms with E-state index < -0.39 is 26.4 Å². The molecule has 0 aliphatic heterocycles. The summed E-state index contributed by atoms with van der Waals surface area (Å²) in [4.78, 5) is 8.54. The second-order valence-corrected chi connectivity index (χ2v) is 9.51. The third-order valence-corrected chi connectivity index (χ3v) is 7.08. The lowest BCUT2D eigenvalue weighted by Crippen LogP contribution is -2.13. The highest BCUT2D eigenvalue weighted by molar-refractivity contribution is 7.91. The quantitative estimate of drug-likeness (QED) is 0.537. The molecule has 2 N–H and O–H groups in total. The summed E-state index contributed by atoms with van der Waals surface area (Å²) in [6.07, 6.45) is 2.92. The second-order valence-electron chi connectivity index (χ2n) is 7.44. The number of benzene rings is 1. The largest absolute Gasteiger partial charge is 0.382 e. The van der Waals surface area contributed by atoms with Gasteiger partial charge in [-0.05, 0) is 44.4 Å². The molecule has 6 nitrogen and oxygen atoms in total. The molecule has 0 saturated heterocycles. The van der Waals surface area contributed by atoms with Crippen LogP contribution in [0.25, 0.3) is 11.0 Å². The number of aryl methyl sites for hydroxylation is 4. The van der Waals surface area contributed by atoms with Gasteiger partial charge in [-0.3, -0.25) is 0 Å². The summed E-state index contributed by atoms with van der Waals surface area (Å²) in [6, 6.07) is 2.50. The maximum Gasteiger partial charge on any atom is 0.181 e. The number of unbranched alkanes of at least 4 members (excludes halogenated alkanes) is 1. The van der Waals surface area contributed by atoms with Gasteiger partial charge < -0.3 is 10.3 Å².